The van der Waals surface area contributed by atoms with Crippen LogP contribution in [-0.2, 0) is 0 Å². The van der Waals surface area contributed by atoms with Crippen molar-refractivity contribution in [1.82, 2.24) is 10.1 Å². The number of carbonyl (C=O) groups is 2. The Morgan fingerprint density at radius 2 is 1.77 bits per heavy atom. The number of halogens is 1. The highest BCUT2D eigenvalue weighted by Gasteiger charge is 2.25. The molecule has 2 N–H and O–H groups in total. The van der Waals surface area contributed by atoms with Gasteiger partial charge in [-0.2, -0.15) is 0 Å². The first kappa shape index (κ1) is 19.0. The van der Waals surface area contributed by atoms with Gasteiger partial charge in [0.05, 0.1) is 11.1 Å². The fourth-order valence-corrected chi connectivity index (χ4v) is 2.99. The summed E-state index contributed by atoms with van der Waals surface area (Å²) in [7, 11) is 0. The van der Waals surface area contributed by atoms with Crippen LogP contribution in [0.4, 0.5) is 10.3 Å². The molecule has 0 atom stereocenters. The number of aromatic carboxylic acids is 1. The molecule has 148 valence electrons. The summed E-state index contributed by atoms with van der Waals surface area (Å²) >= 11 is 0. The minimum atomic E-state index is -1.14. The highest BCUT2D eigenvalue weighted by Crippen LogP contribution is 2.39. The van der Waals surface area contributed by atoms with Crippen LogP contribution in [0.3, 0.4) is 0 Å². The number of nitrogens with one attached hydrogen (secondary N) is 1. The van der Waals surface area contributed by atoms with Crippen molar-refractivity contribution >= 4 is 17.8 Å². The number of nitrogens with zero attached hydrogens (tertiary/aromatic N) is 2. The first-order chi connectivity index (χ1) is 14.5. The largest absolute Gasteiger partial charge is 0.478 e. The molecule has 30 heavy (non-hydrogen) atoms. The van der Waals surface area contributed by atoms with E-state index in [-0.39, 0.29) is 17.0 Å². The summed E-state index contributed by atoms with van der Waals surface area (Å²) in [5.74, 6) is -2.20. The molecule has 0 aliphatic rings. The smallest absolute Gasteiger partial charge is 0.336 e. The number of pyridine rings is 1. The Kier molecular flexibility index (Phi) is 5.04. The lowest BCUT2D eigenvalue weighted by molar-refractivity contribution is 0.0697. The molecule has 2 aromatic carbocycles. The lowest BCUT2D eigenvalue weighted by Gasteiger charge is -2.09. The lowest BCUT2D eigenvalue weighted by Crippen LogP contribution is -2.12. The van der Waals surface area contributed by atoms with Crippen molar-refractivity contribution in [3.63, 3.8) is 0 Å². The van der Waals surface area contributed by atoms with Crippen molar-refractivity contribution in [2.24, 2.45) is 0 Å². The molecule has 0 aliphatic carbocycles. The van der Waals surface area contributed by atoms with Crippen LogP contribution in [0.5, 0.6) is 0 Å². The molecule has 4 aromatic rings. The third-order valence-electron chi connectivity index (χ3n) is 4.39. The topological polar surface area (TPSA) is 105 Å². The molecule has 0 radical (unpaired) electrons. The van der Waals surface area contributed by atoms with Crippen molar-refractivity contribution in [2.75, 3.05) is 5.32 Å². The predicted octanol–water partition coefficient (Wildman–Crippen LogP) is 4.49. The molecule has 0 saturated heterocycles. The Hall–Kier alpha value is -4.33. The average Bonchev–Trinajstić information content (AvgIpc) is 3.18. The highest BCUT2D eigenvalue weighted by atomic mass is 19.1. The van der Waals surface area contributed by atoms with E-state index in [1.54, 1.807) is 42.7 Å². The van der Waals surface area contributed by atoms with Gasteiger partial charge in [0.15, 0.2) is 0 Å². The Morgan fingerprint density at radius 1 is 1.00 bits per heavy atom. The molecule has 0 saturated carbocycles. The number of rotatable bonds is 5. The summed E-state index contributed by atoms with van der Waals surface area (Å²) < 4.78 is 18.5. The number of carboxylic acids is 1. The van der Waals surface area contributed by atoms with Crippen LogP contribution in [0.2, 0.25) is 0 Å². The molecule has 2 aromatic heterocycles. The monoisotopic (exact) mass is 403 g/mol. The predicted molar refractivity (Wildman–Crippen MR) is 106 cm³/mol. The SMILES string of the molecule is O=C(Nc1onc(-c2cccnc2)c1-c1ccccc1C(=O)O)c1ccc(F)cc1. The van der Waals surface area contributed by atoms with Crippen LogP contribution >= 0.6 is 0 Å². The van der Waals surface area contributed by atoms with Gasteiger partial charge in [-0.3, -0.25) is 15.1 Å². The summed E-state index contributed by atoms with van der Waals surface area (Å²) in [5.41, 5.74) is 1.75. The van der Waals surface area contributed by atoms with Gasteiger partial charge in [0.1, 0.15) is 11.5 Å². The molecule has 0 unspecified atom stereocenters. The standard InChI is InChI=1S/C22H14FN3O4/c23-15-9-7-13(8-10-15)20(27)25-21-18(16-5-1-2-6-17(16)22(28)29)19(26-30-21)14-4-3-11-24-12-14/h1-12H,(H,25,27)(H,28,29). The molecule has 0 spiro atoms. The van der Waals surface area contributed by atoms with Gasteiger partial charge in [-0.1, -0.05) is 23.4 Å². The molecule has 7 nitrogen and oxygen atoms in total. The zero-order valence-electron chi connectivity index (χ0n) is 15.4. The number of hydrogen-bond donors (Lipinski definition) is 2. The molecule has 2 heterocycles. The van der Waals surface area contributed by atoms with E-state index in [4.69, 9.17) is 4.52 Å². The maximum absolute atomic E-state index is 13.2. The van der Waals surface area contributed by atoms with Crippen LogP contribution in [0.1, 0.15) is 20.7 Å². The van der Waals surface area contributed by atoms with Gasteiger partial charge in [0.25, 0.3) is 5.91 Å². The van der Waals surface area contributed by atoms with E-state index in [2.05, 4.69) is 15.5 Å². The lowest BCUT2D eigenvalue weighted by atomic mass is 9.97. The van der Waals surface area contributed by atoms with Crippen LogP contribution in [-0.4, -0.2) is 27.1 Å². The minimum Gasteiger partial charge on any atom is -0.478 e. The van der Waals surface area contributed by atoms with E-state index < -0.39 is 17.7 Å². The van der Waals surface area contributed by atoms with E-state index in [0.29, 0.717) is 22.4 Å². The average molecular weight is 403 g/mol. The first-order valence-electron chi connectivity index (χ1n) is 8.84. The maximum atomic E-state index is 13.2. The maximum Gasteiger partial charge on any atom is 0.336 e. The zero-order chi connectivity index (χ0) is 21.1. The molecule has 0 fully saturated rings. The van der Waals surface area contributed by atoms with Crippen molar-refractivity contribution in [2.45, 2.75) is 0 Å². The van der Waals surface area contributed by atoms with Gasteiger partial charge in [-0.25, -0.2) is 9.18 Å². The third kappa shape index (κ3) is 3.66. The fraction of sp³-hybridized carbons (Fsp3) is 0. The van der Waals surface area contributed by atoms with Gasteiger partial charge in [-0.05, 0) is 42.5 Å². The van der Waals surface area contributed by atoms with Gasteiger partial charge >= 0.3 is 5.97 Å². The van der Waals surface area contributed by atoms with E-state index >= 15 is 0 Å². The van der Waals surface area contributed by atoms with Crippen molar-refractivity contribution in [1.29, 1.82) is 0 Å². The van der Waals surface area contributed by atoms with Crippen molar-refractivity contribution in [3.05, 3.63) is 90.0 Å². The fourth-order valence-electron chi connectivity index (χ4n) is 2.99. The molecule has 0 bridgehead atoms. The zero-order valence-corrected chi connectivity index (χ0v) is 15.4. The summed E-state index contributed by atoms with van der Waals surface area (Å²) in [6, 6.07) is 14.7. The number of hydrogen-bond acceptors (Lipinski definition) is 5. The number of anilines is 1. The number of carboxylic acid groups (broad SMARTS) is 1. The summed E-state index contributed by atoms with van der Waals surface area (Å²) in [5, 5.41) is 16.3. The van der Waals surface area contributed by atoms with Gasteiger partial charge in [0, 0.05) is 29.1 Å². The molecule has 8 heteroatoms. The van der Waals surface area contributed by atoms with E-state index in [0.717, 1.165) is 12.1 Å². The normalized spacial score (nSPS) is 10.6. The van der Waals surface area contributed by atoms with Crippen molar-refractivity contribution in [3.8, 4) is 22.4 Å². The molecule has 0 aliphatic heterocycles. The van der Waals surface area contributed by atoms with Gasteiger partial charge in [-0.15, -0.1) is 0 Å². The first-order valence-corrected chi connectivity index (χ1v) is 8.84. The van der Waals surface area contributed by atoms with Gasteiger partial charge in [0.2, 0.25) is 5.88 Å². The Balaban J connectivity index is 1.84. The number of aromatic nitrogens is 2. The molecular formula is C22H14FN3O4. The number of benzene rings is 2. The van der Waals surface area contributed by atoms with E-state index in [1.807, 2.05) is 0 Å². The molecule has 1 amide bonds. The molecule has 4 rings (SSSR count). The second kappa shape index (κ2) is 7.96. The summed E-state index contributed by atoms with van der Waals surface area (Å²) in [6.45, 7) is 0. The van der Waals surface area contributed by atoms with Crippen LogP contribution in [0.25, 0.3) is 22.4 Å². The second-order valence-electron chi connectivity index (χ2n) is 6.29. The second-order valence-corrected chi connectivity index (χ2v) is 6.29. The van der Waals surface area contributed by atoms with E-state index in [1.165, 1.54) is 18.2 Å². The summed E-state index contributed by atoms with van der Waals surface area (Å²) in [6.07, 6.45) is 3.14. The van der Waals surface area contributed by atoms with Crippen molar-refractivity contribution < 1.29 is 23.6 Å². The Bertz CT molecular complexity index is 1220. The van der Waals surface area contributed by atoms with Crippen LogP contribution in [0.15, 0.2) is 77.6 Å². The van der Waals surface area contributed by atoms with Crippen LogP contribution < -0.4 is 5.32 Å². The molecular weight excluding hydrogens is 389 g/mol. The minimum absolute atomic E-state index is 0.0168. The number of carbonyl (C=O) groups excluding carboxylic acids is 1. The van der Waals surface area contributed by atoms with E-state index in [9.17, 15) is 19.1 Å². The van der Waals surface area contributed by atoms with Gasteiger partial charge < -0.3 is 9.63 Å². The number of amides is 1. The Morgan fingerprint density at radius 3 is 2.47 bits per heavy atom. The summed E-state index contributed by atoms with van der Waals surface area (Å²) in [4.78, 5) is 28.4. The Labute approximate surface area is 169 Å². The highest BCUT2D eigenvalue weighted by molar-refractivity contribution is 6.08. The third-order valence-corrected chi connectivity index (χ3v) is 4.39. The van der Waals surface area contributed by atoms with Crippen LogP contribution in [0, 0.1) is 5.82 Å². The quantitative estimate of drug-likeness (QED) is 0.509.